The summed E-state index contributed by atoms with van der Waals surface area (Å²) in [5.41, 5.74) is 2.80. The Kier molecular flexibility index (Phi) is 5.61. The minimum atomic E-state index is -0.262. The molecule has 0 spiro atoms. The predicted molar refractivity (Wildman–Crippen MR) is 101 cm³/mol. The summed E-state index contributed by atoms with van der Waals surface area (Å²) < 4.78 is 16.0. The molecule has 0 unspecified atom stereocenters. The van der Waals surface area contributed by atoms with E-state index >= 15 is 0 Å². The van der Waals surface area contributed by atoms with Gasteiger partial charge in [-0.1, -0.05) is 30.3 Å². The molecule has 3 rings (SSSR count). The van der Waals surface area contributed by atoms with Gasteiger partial charge in [0.15, 0.2) is 11.5 Å². The summed E-state index contributed by atoms with van der Waals surface area (Å²) in [6.07, 6.45) is 0. The minimum absolute atomic E-state index is 0.262. The highest BCUT2D eigenvalue weighted by molar-refractivity contribution is 5.93. The molecule has 1 amide bonds. The van der Waals surface area contributed by atoms with E-state index in [-0.39, 0.29) is 12.5 Å². The molecule has 1 aromatic heterocycles. The molecule has 0 saturated carbocycles. The van der Waals surface area contributed by atoms with Crippen molar-refractivity contribution in [1.29, 1.82) is 0 Å². The second-order valence-electron chi connectivity index (χ2n) is 5.73. The maximum absolute atomic E-state index is 12.5. The number of nitrogens with one attached hydrogen (secondary N) is 2. The highest BCUT2D eigenvalue weighted by Gasteiger charge is 2.15. The maximum atomic E-state index is 12.5. The number of hydrogen-bond acceptors (Lipinski definition) is 5. The molecule has 2 aromatic carbocycles. The number of rotatable bonds is 7. The van der Waals surface area contributed by atoms with Gasteiger partial charge in [-0.25, -0.2) is 0 Å². The van der Waals surface area contributed by atoms with Crippen molar-refractivity contribution < 1.29 is 19.0 Å². The maximum Gasteiger partial charge on any atom is 0.269 e. The topological polar surface area (TPSA) is 85.5 Å². The summed E-state index contributed by atoms with van der Waals surface area (Å²) in [5.74, 6) is 1.46. The summed E-state index contributed by atoms with van der Waals surface area (Å²) >= 11 is 0. The van der Waals surface area contributed by atoms with Crippen LogP contribution in [0.5, 0.6) is 17.2 Å². The average Bonchev–Trinajstić information content (AvgIpc) is 3.22. The van der Waals surface area contributed by atoms with Gasteiger partial charge in [0.2, 0.25) is 0 Å². The van der Waals surface area contributed by atoms with Crippen molar-refractivity contribution in [2.24, 2.45) is 0 Å². The number of hydrogen-bond donors (Lipinski definition) is 2. The van der Waals surface area contributed by atoms with Crippen LogP contribution in [-0.2, 0) is 6.54 Å². The van der Waals surface area contributed by atoms with Crippen molar-refractivity contribution in [3.63, 3.8) is 0 Å². The van der Waals surface area contributed by atoms with Crippen molar-refractivity contribution in [3.8, 4) is 28.5 Å². The number of carbonyl (C=O) groups excluding carboxylic acids is 1. The molecule has 7 nitrogen and oxygen atoms in total. The van der Waals surface area contributed by atoms with E-state index in [2.05, 4.69) is 15.5 Å². The number of aromatic nitrogens is 2. The van der Waals surface area contributed by atoms with Crippen LogP contribution in [0.25, 0.3) is 11.3 Å². The summed E-state index contributed by atoms with van der Waals surface area (Å²) in [5, 5.41) is 9.83. The van der Waals surface area contributed by atoms with Gasteiger partial charge in [0, 0.05) is 23.7 Å². The number of carbonyl (C=O) groups is 1. The standard InChI is InChI=1S/C20H21N3O4/c1-25-17-11-19(27-3)18(26-2)9-14(17)12-21-20(24)16-10-15(22-23-16)13-7-5-4-6-8-13/h4-11H,12H2,1-3H3,(H,21,24)(H,22,23). The van der Waals surface area contributed by atoms with Crippen LogP contribution in [0.3, 0.4) is 0 Å². The van der Waals surface area contributed by atoms with E-state index in [4.69, 9.17) is 14.2 Å². The van der Waals surface area contributed by atoms with Gasteiger partial charge in [-0.15, -0.1) is 0 Å². The Bertz CT molecular complexity index is 922. The van der Waals surface area contributed by atoms with E-state index in [1.807, 2.05) is 30.3 Å². The van der Waals surface area contributed by atoms with E-state index in [0.717, 1.165) is 11.1 Å². The van der Waals surface area contributed by atoms with E-state index in [9.17, 15) is 4.79 Å². The van der Waals surface area contributed by atoms with Crippen molar-refractivity contribution in [2.45, 2.75) is 6.54 Å². The first kappa shape index (κ1) is 18.3. The molecule has 0 aliphatic rings. The summed E-state index contributed by atoms with van der Waals surface area (Å²) in [7, 11) is 4.68. The Morgan fingerprint density at radius 2 is 1.63 bits per heavy atom. The number of amides is 1. The third kappa shape index (κ3) is 4.03. The fraction of sp³-hybridized carbons (Fsp3) is 0.200. The van der Waals surface area contributed by atoms with Crippen LogP contribution in [0.1, 0.15) is 16.1 Å². The molecule has 2 N–H and O–H groups in total. The first-order valence-electron chi connectivity index (χ1n) is 8.34. The van der Waals surface area contributed by atoms with Crippen LogP contribution in [0.15, 0.2) is 48.5 Å². The van der Waals surface area contributed by atoms with Gasteiger partial charge < -0.3 is 19.5 Å². The lowest BCUT2D eigenvalue weighted by Gasteiger charge is -2.14. The Labute approximate surface area is 157 Å². The quantitative estimate of drug-likeness (QED) is 0.670. The molecule has 0 aliphatic carbocycles. The second-order valence-corrected chi connectivity index (χ2v) is 5.73. The average molecular weight is 367 g/mol. The molecule has 27 heavy (non-hydrogen) atoms. The lowest BCUT2D eigenvalue weighted by molar-refractivity contribution is 0.0945. The van der Waals surface area contributed by atoms with Crippen LogP contribution < -0.4 is 19.5 Å². The highest BCUT2D eigenvalue weighted by Crippen LogP contribution is 2.34. The SMILES string of the molecule is COc1cc(OC)c(OC)cc1CNC(=O)c1cc(-c2ccccc2)n[nH]1. The van der Waals surface area contributed by atoms with Crippen LogP contribution in [0, 0.1) is 0 Å². The normalized spacial score (nSPS) is 10.3. The van der Waals surface area contributed by atoms with E-state index in [1.54, 1.807) is 39.5 Å². The summed E-state index contributed by atoms with van der Waals surface area (Å²) in [6.45, 7) is 0.266. The van der Waals surface area contributed by atoms with Crippen molar-refractivity contribution >= 4 is 5.91 Å². The number of aromatic amines is 1. The summed E-state index contributed by atoms with van der Waals surface area (Å²) in [4.78, 5) is 12.5. The molecular weight excluding hydrogens is 346 g/mol. The predicted octanol–water partition coefficient (Wildman–Crippen LogP) is 3.03. The van der Waals surface area contributed by atoms with Crippen LogP contribution in [-0.4, -0.2) is 37.4 Å². The zero-order valence-electron chi connectivity index (χ0n) is 15.4. The monoisotopic (exact) mass is 367 g/mol. The molecule has 0 saturated heterocycles. The molecule has 0 bridgehead atoms. The largest absolute Gasteiger partial charge is 0.496 e. The highest BCUT2D eigenvalue weighted by atomic mass is 16.5. The zero-order valence-corrected chi connectivity index (χ0v) is 15.4. The third-order valence-electron chi connectivity index (χ3n) is 4.12. The molecule has 7 heteroatoms. The smallest absolute Gasteiger partial charge is 0.269 e. The minimum Gasteiger partial charge on any atom is -0.496 e. The lowest BCUT2D eigenvalue weighted by atomic mass is 10.1. The van der Waals surface area contributed by atoms with Gasteiger partial charge in [0.05, 0.1) is 27.0 Å². The molecule has 1 heterocycles. The molecule has 0 radical (unpaired) electrons. The number of H-pyrrole nitrogens is 1. The van der Waals surface area contributed by atoms with E-state index < -0.39 is 0 Å². The number of ether oxygens (including phenoxy) is 3. The number of methoxy groups -OCH3 is 3. The van der Waals surface area contributed by atoms with Crippen LogP contribution >= 0.6 is 0 Å². The van der Waals surface area contributed by atoms with Crippen molar-refractivity contribution in [3.05, 3.63) is 59.8 Å². The van der Waals surface area contributed by atoms with Gasteiger partial charge in [0.1, 0.15) is 11.4 Å². The molecule has 140 valence electrons. The molecular formula is C20H21N3O4. The van der Waals surface area contributed by atoms with Gasteiger partial charge in [-0.2, -0.15) is 5.10 Å². The zero-order chi connectivity index (χ0) is 19.2. The van der Waals surface area contributed by atoms with Gasteiger partial charge in [0.25, 0.3) is 5.91 Å². The number of benzene rings is 2. The molecule has 3 aromatic rings. The first-order valence-corrected chi connectivity index (χ1v) is 8.34. The Hall–Kier alpha value is -3.48. The van der Waals surface area contributed by atoms with Crippen LogP contribution in [0.4, 0.5) is 0 Å². The summed E-state index contributed by atoms with van der Waals surface area (Å²) in [6, 6.07) is 14.9. The van der Waals surface area contributed by atoms with Crippen molar-refractivity contribution in [1.82, 2.24) is 15.5 Å². The van der Waals surface area contributed by atoms with Crippen molar-refractivity contribution in [2.75, 3.05) is 21.3 Å². The first-order chi connectivity index (χ1) is 13.2. The molecule has 0 aliphatic heterocycles. The lowest BCUT2D eigenvalue weighted by Crippen LogP contribution is -2.23. The molecule has 0 fully saturated rings. The number of nitrogens with zero attached hydrogens (tertiary/aromatic N) is 1. The van der Waals surface area contributed by atoms with Gasteiger partial charge >= 0.3 is 0 Å². The third-order valence-corrected chi connectivity index (χ3v) is 4.12. The van der Waals surface area contributed by atoms with Crippen LogP contribution in [0.2, 0.25) is 0 Å². The Balaban J connectivity index is 1.73. The molecule has 0 atom stereocenters. The Morgan fingerprint density at radius 3 is 2.30 bits per heavy atom. The Morgan fingerprint density at radius 1 is 0.963 bits per heavy atom. The fourth-order valence-corrected chi connectivity index (χ4v) is 2.70. The fourth-order valence-electron chi connectivity index (χ4n) is 2.70. The van der Waals surface area contributed by atoms with Gasteiger partial charge in [-0.3, -0.25) is 9.89 Å². The van der Waals surface area contributed by atoms with Gasteiger partial charge in [-0.05, 0) is 12.1 Å². The second kappa shape index (κ2) is 8.27. The van der Waals surface area contributed by atoms with E-state index in [1.165, 1.54) is 0 Å². The van der Waals surface area contributed by atoms with E-state index in [0.29, 0.717) is 28.6 Å².